The zero-order chi connectivity index (χ0) is 15.5. The Labute approximate surface area is 141 Å². The maximum Gasteiger partial charge on any atom is 0.340 e. The molecule has 4 heteroatoms. The Morgan fingerprint density at radius 3 is 2.52 bits per heavy atom. The van der Waals surface area contributed by atoms with E-state index in [1.807, 2.05) is 11.4 Å². The Kier molecular flexibility index (Phi) is 10.0. The van der Waals surface area contributed by atoms with Gasteiger partial charge in [0.05, 0.1) is 16.0 Å². The van der Waals surface area contributed by atoms with Crippen LogP contribution < -0.4 is 0 Å². The van der Waals surface area contributed by atoms with E-state index in [4.69, 9.17) is 4.74 Å². The quantitative estimate of drug-likeness (QED) is 0.328. The summed E-state index contributed by atoms with van der Waals surface area (Å²) in [5, 5.41) is 1.90. The third-order valence-corrected chi connectivity index (χ3v) is 5.41. The average Bonchev–Trinajstić information content (AvgIpc) is 2.91. The van der Waals surface area contributed by atoms with Gasteiger partial charge in [-0.05, 0) is 46.1 Å². The molecule has 120 valence electrons. The molecule has 0 saturated carbocycles. The zero-order valence-corrected chi connectivity index (χ0v) is 15.6. The number of halogens is 1. The van der Waals surface area contributed by atoms with Crippen LogP contribution in [-0.2, 0) is 4.74 Å². The Hall–Kier alpha value is -0.350. The second kappa shape index (κ2) is 11.2. The van der Waals surface area contributed by atoms with Crippen molar-refractivity contribution in [2.45, 2.75) is 65.2 Å². The minimum Gasteiger partial charge on any atom is -0.462 e. The number of thiophene rings is 1. The minimum atomic E-state index is -0.196. The summed E-state index contributed by atoms with van der Waals surface area (Å²) in [4.78, 5) is 12.0. The smallest absolute Gasteiger partial charge is 0.340 e. The Balaban J connectivity index is 2.37. The zero-order valence-electron chi connectivity index (χ0n) is 13.2. The summed E-state index contributed by atoms with van der Waals surface area (Å²) in [6, 6.07) is 1.82. The Morgan fingerprint density at radius 1 is 1.19 bits per heavy atom. The van der Waals surface area contributed by atoms with Gasteiger partial charge in [0.15, 0.2) is 0 Å². The summed E-state index contributed by atoms with van der Waals surface area (Å²) in [6.45, 7) is 5.00. The van der Waals surface area contributed by atoms with Gasteiger partial charge in [-0.25, -0.2) is 4.79 Å². The topological polar surface area (TPSA) is 26.3 Å². The number of ether oxygens (including phenoxy) is 1. The lowest BCUT2D eigenvalue weighted by Gasteiger charge is -2.16. The van der Waals surface area contributed by atoms with Gasteiger partial charge in [-0.2, -0.15) is 0 Å². The second-order valence-corrected chi connectivity index (χ2v) is 7.80. The second-order valence-electron chi connectivity index (χ2n) is 5.56. The largest absolute Gasteiger partial charge is 0.462 e. The van der Waals surface area contributed by atoms with Gasteiger partial charge in [-0.15, -0.1) is 11.3 Å². The molecule has 0 aliphatic heterocycles. The highest BCUT2D eigenvalue weighted by Crippen LogP contribution is 2.25. The van der Waals surface area contributed by atoms with Gasteiger partial charge in [0.25, 0.3) is 0 Å². The first-order valence-electron chi connectivity index (χ1n) is 8.09. The number of rotatable bonds is 11. The summed E-state index contributed by atoms with van der Waals surface area (Å²) in [5.41, 5.74) is 0.653. The van der Waals surface area contributed by atoms with Gasteiger partial charge >= 0.3 is 5.97 Å². The third kappa shape index (κ3) is 7.46. The molecule has 1 unspecified atom stereocenters. The molecule has 0 spiro atoms. The molecule has 0 aromatic carbocycles. The molecular weight excluding hydrogens is 348 g/mol. The molecule has 1 atom stereocenters. The van der Waals surface area contributed by atoms with Crippen LogP contribution in [0.3, 0.4) is 0 Å². The molecule has 0 amide bonds. The van der Waals surface area contributed by atoms with Crippen LogP contribution in [0.2, 0.25) is 0 Å². The number of carbonyl (C=O) groups is 1. The average molecular weight is 375 g/mol. The molecule has 0 N–H and O–H groups in total. The molecule has 1 heterocycles. The standard InChI is InChI=1S/C17H27BrO2S/c1-3-5-7-8-10-14(9-6-4-2)13-20-17(19)15-11-12-21-16(15)18/h11-12,14H,3-10,13H2,1-2H3. The van der Waals surface area contributed by atoms with Crippen molar-refractivity contribution in [1.82, 2.24) is 0 Å². The summed E-state index contributed by atoms with van der Waals surface area (Å²) in [7, 11) is 0. The lowest BCUT2D eigenvalue weighted by atomic mass is 9.96. The van der Waals surface area contributed by atoms with E-state index in [2.05, 4.69) is 29.8 Å². The minimum absolute atomic E-state index is 0.196. The summed E-state index contributed by atoms with van der Waals surface area (Å²) in [5.74, 6) is 0.321. The molecule has 1 aromatic rings. The first-order valence-corrected chi connectivity index (χ1v) is 9.76. The number of hydrogen-bond acceptors (Lipinski definition) is 3. The number of hydrogen-bond donors (Lipinski definition) is 0. The molecular formula is C17H27BrO2S. The third-order valence-electron chi connectivity index (χ3n) is 3.72. The van der Waals surface area contributed by atoms with Gasteiger partial charge in [0, 0.05) is 0 Å². The fourth-order valence-corrected chi connectivity index (χ4v) is 3.59. The van der Waals surface area contributed by atoms with Crippen molar-refractivity contribution in [2.24, 2.45) is 5.92 Å². The molecule has 1 aromatic heterocycles. The van der Waals surface area contributed by atoms with Gasteiger partial charge in [0.2, 0.25) is 0 Å². The molecule has 0 fully saturated rings. The van der Waals surface area contributed by atoms with Gasteiger partial charge in [0.1, 0.15) is 0 Å². The molecule has 1 rings (SSSR count). The van der Waals surface area contributed by atoms with E-state index in [1.54, 1.807) is 0 Å². The maximum atomic E-state index is 12.0. The van der Waals surface area contributed by atoms with E-state index in [9.17, 15) is 4.79 Å². The fraction of sp³-hybridized carbons (Fsp3) is 0.706. The van der Waals surface area contributed by atoms with Crippen LogP contribution >= 0.6 is 27.3 Å². The molecule has 0 radical (unpaired) electrons. The lowest BCUT2D eigenvalue weighted by molar-refractivity contribution is 0.0422. The van der Waals surface area contributed by atoms with E-state index in [-0.39, 0.29) is 5.97 Å². The molecule has 0 aliphatic rings. The van der Waals surface area contributed by atoms with E-state index in [1.165, 1.54) is 62.7 Å². The molecule has 21 heavy (non-hydrogen) atoms. The number of carbonyl (C=O) groups excluding carboxylic acids is 1. The highest BCUT2D eigenvalue weighted by atomic mass is 79.9. The maximum absolute atomic E-state index is 12.0. The highest BCUT2D eigenvalue weighted by Gasteiger charge is 2.15. The van der Waals surface area contributed by atoms with Crippen molar-refractivity contribution < 1.29 is 9.53 Å². The van der Waals surface area contributed by atoms with E-state index in [0.717, 1.165) is 3.79 Å². The fourth-order valence-electron chi connectivity index (χ4n) is 2.37. The summed E-state index contributed by atoms with van der Waals surface area (Å²) >= 11 is 4.91. The van der Waals surface area contributed by atoms with Crippen LogP contribution in [0.4, 0.5) is 0 Å². The lowest BCUT2D eigenvalue weighted by Crippen LogP contribution is -2.14. The first-order chi connectivity index (χ1) is 10.2. The van der Waals surface area contributed by atoms with Crippen molar-refractivity contribution in [1.29, 1.82) is 0 Å². The molecule has 0 saturated heterocycles. The predicted molar refractivity (Wildman–Crippen MR) is 94.1 cm³/mol. The monoisotopic (exact) mass is 374 g/mol. The Bertz CT molecular complexity index is 403. The van der Waals surface area contributed by atoms with Crippen molar-refractivity contribution in [2.75, 3.05) is 6.61 Å². The van der Waals surface area contributed by atoms with Crippen molar-refractivity contribution >= 4 is 33.2 Å². The van der Waals surface area contributed by atoms with Crippen LogP contribution in [-0.4, -0.2) is 12.6 Å². The normalized spacial score (nSPS) is 12.3. The van der Waals surface area contributed by atoms with Crippen LogP contribution in [0.5, 0.6) is 0 Å². The molecule has 0 bridgehead atoms. The van der Waals surface area contributed by atoms with Gasteiger partial charge in [-0.1, -0.05) is 52.4 Å². The van der Waals surface area contributed by atoms with Crippen LogP contribution in [0.15, 0.2) is 15.2 Å². The SMILES string of the molecule is CCCCCCC(CCCC)COC(=O)c1ccsc1Br. The van der Waals surface area contributed by atoms with Crippen LogP contribution in [0.1, 0.15) is 75.6 Å². The van der Waals surface area contributed by atoms with E-state index in [0.29, 0.717) is 18.1 Å². The molecule has 0 aliphatic carbocycles. The first kappa shape index (κ1) is 18.7. The summed E-state index contributed by atoms with van der Waals surface area (Å²) < 4.78 is 6.38. The van der Waals surface area contributed by atoms with Crippen LogP contribution in [0, 0.1) is 5.92 Å². The number of esters is 1. The van der Waals surface area contributed by atoms with E-state index >= 15 is 0 Å². The number of unbranched alkanes of at least 4 members (excludes halogenated alkanes) is 4. The van der Waals surface area contributed by atoms with E-state index < -0.39 is 0 Å². The van der Waals surface area contributed by atoms with Crippen LogP contribution in [0.25, 0.3) is 0 Å². The highest BCUT2D eigenvalue weighted by molar-refractivity contribution is 9.11. The predicted octanol–water partition coefficient (Wildman–Crippen LogP) is 6.44. The summed E-state index contributed by atoms with van der Waals surface area (Å²) in [6.07, 6.45) is 9.89. The van der Waals surface area contributed by atoms with Crippen molar-refractivity contribution in [3.63, 3.8) is 0 Å². The van der Waals surface area contributed by atoms with Gasteiger partial charge < -0.3 is 4.74 Å². The Morgan fingerprint density at radius 2 is 1.90 bits per heavy atom. The van der Waals surface area contributed by atoms with Crippen molar-refractivity contribution in [3.8, 4) is 0 Å². The van der Waals surface area contributed by atoms with Gasteiger partial charge in [-0.3, -0.25) is 0 Å². The molecule has 2 nitrogen and oxygen atoms in total. The van der Waals surface area contributed by atoms with Crippen molar-refractivity contribution in [3.05, 3.63) is 20.8 Å².